The van der Waals surface area contributed by atoms with Crippen molar-refractivity contribution in [1.29, 1.82) is 5.26 Å². The highest BCUT2D eigenvalue weighted by molar-refractivity contribution is 5.85. The highest BCUT2D eigenvalue weighted by atomic mass is 19.1. The van der Waals surface area contributed by atoms with E-state index in [2.05, 4.69) is 16.0 Å². The lowest BCUT2D eigenvalue weighted by atomic mass is 10.1. The van der Waals surface area contributed by atoms with Crippen LogP contribution >= 0.6 is 0 Å². The fraction of sp³-hybridized carbons (Fsp3) is 0.360. The summed E-state index contributed by atoms with van der Waals surface area (Å²) in [5.41, 5.74) is 2.51. The third kappa shape index (κ3) is 5.07. The second-order valence-corrected chi connectivity index (χ2v) is 8.14. The molecule has 0 unspecified atom stereocenters. The van der Waals surface area contributed by atoms with Crippen LogP contribution in [-0.4, -0.2) is 61.9 Å². The van der Waals surface area contributed by atoms with Crippen molar-refractivity contribution in [1.82, 2.24) is 9.97 Å². The number of hydrogen-bond donors (Lipinski definition) is 0. The molecule has 0 bridgehead atoms. The quantitative estimate of drug-likeness (QED) is 0.493. The first kappa shape index (κ1) is 23.4. The Morgan fingerprint density at radius 1 is 1.06 bits per heavy atom. The predicted octanol–water partition coefficient (Wildman–Crippen LogP) is 3.28. The van der Waals surface area contributed by atoms with Crippen LogP contribution in [0.4, 0.5) is 15.9 Å². The van der Waals surface area contributed by atoms with Crippen molar-refractivity contribution in [3.63, 3.8) is 0 Å². The number of aromatic nitrogens is 2. The number of nitriles is 1. The lowest BCUT2D eigenvalue weighted by Crippen LogP contribution is -2.47. The first-order valence-electron chi connectivity index (χ1n) is 11.1. The number of rotatable bonds is 7. The average molecular weight is 464 g/mol. The molecule has 1 aromatic heterocycles. The molecule has 3 aromatic rings. The molecule has 2 atom stereocenters. The number of piperazine rings is 1. The Morgan fingerprint density at radius 3 is 2.29 bits per heavy atom. The molecule has 176 valence electrons. The Labute approximate surface area is 197 Å². The van der Waals surface area contributed by atoms with Gasteiger partial charge in [-0.3, -0.25) is 4.79 Å². The van der Waals surface area contributed by atoms with Gasteiger partial charge in [0.05, 0.1) is 23.7 Å². The molecule has 9 heteroatoms. The van der Waals surface area contributed by atoms with E-state index in [0.29, 0.717) is 43.0 Å². The smallest absolute Gasteiger partial charge is 0.330 e. The second-order valence-electron chi connectivity index (χ2n) is 8.14. The number of carbonyl (C=O) groups is 1. The van der Waals surface area contributed by atoms with Gasteiger partial charge in [0.1, 0.15) is 17.6 Å². The van der Waals surface area contributed by atoms with Crippen LogP contribution in [-0.2, 0) is 14.3 Å². The molecular formula is C25H26FN5O3. The van der Waals surface area contributed by atoms with Gasteiger partial charge in [-0.25, -0.2) is 14.4 Å². The summed E-state index contributed by atoms with van der Waals surface area (Å²) < 4.78 is 23.7. The number of anilines is 2. The zero-order valence-corrected chi connectivity index (χ0v) is 19.1. The number of esters is 1. The van der Waals surface area contributed by atoms with Crippen molar-refractivity contribution >= 4 is 28.5 Å². The van der Waals surface area contributed by atoms with Crippen LogP contribution in [0, 0.1) is 17.1 Å². The van der Waals surface area contributed by atoms with Crippen molar-refractivity contribution in [3.8, 4) is 6.07 Å². The first-order chi connectivity index (χ1) is 16.5. The van der Waals surface area contributed by atoms with Gasteiger partial charge in [-0.2, -0.15) is 5.26 Å². The van der Waals surface area contributed by atoms with Crippen LogP contribution in [0.5, 0.6) is 0 Å². The number of carbonyl (C=O) groups excluding carboxylic acids is 1. The van der Waals surface area contributed by atoms with Gasteiger partial charge in [0.15, 0.2) is 11.7 Å². The molecule has 0 spiro atoms. The first-order valence-corrected chi connectivity index (χ1v) is 11.1. The van der Waals surface area contributed by atoms with Crippen LogP contribution in [0.25, 0.3) is 11.0 Å². The molecule has 1 saturated heterocycles. The minimum atomic E-state index is -1.22. The third-order valence-corrected chi connectivity index (χ3v) is 5.71. The Morgan fingerprint density at radius 2 is 1.68 bits per heavy atom. The minimum Gasteiger partial charge on any atom is -0.459 e. The van der Waals surface area contributed by atoms with Crippen molar-refractivity contribution in [2.45, 2.75) is 18.9 Å². The van der Waals surface area contributed by atoms with E-state index in [1.807, 2.05) is 23.1 Å². The third-order valence-electron chi connectivity index (χ3n) is 5.71. The lowest BCUT2D eigenvalue weighted by molar-refractivity contribution is -0.150. The maximum atomic E-state index is 13.3. The molecule has 0 amide bonds. The van der Waals surface area contributed by atoms with E-state index in [1.165, 1.54) is 19.2 Å². The van der Waals surface area contributed by atoms with E-state index in [0.717, 1.165) is 5.69 Å². The molecule has 2 heterocycles. The summed E-state index contributed by atoms with van der Waals surface area (Å²) >= 11 is 0. The topological polar surface area (TPSA) is 91.6 Å². The molecule has 4 rings (SSSR count). The van der Waals surface area contributed by atoms with Crippen LogP contribution < -0.4 is 9.80 Å². The van der Waals surface area contributed by atoms with Gasteiger partial charge >= 0.3 is 5.97 Å². The molecule has 1 aliphatic heterocycles. The number of methoxy groups -OCH3 is 1. The summed E-state index contributed by atoms with van der Waals surface area (Å²) in [6.45, 7) is 4.48. The van der Waals surface area contributed by atoms with Crippen molar-refractivity contribution in [2.75, 3.05) is 49.7 Å². The van der Waals surface area contributed by atoms with Crippen molar-refractivity contribution < 1.29 is 18.7 Å². The number of fused-ring (bicyclic) bond motifs is 1. The fourth-order valence-corrected chi connectivity index (χ4v) is 4.02. The molecule has 1 fully saturated rings. The molecular weight excluding hydrogens is 437 g/mol. The maximum absolute atomic E-state index is 13.3. The van der Waals surface area contributed by atoms with E-state index in [4.69, 9.17) is 14.5 Å². The van der Waals surface area contributed by atoms with Gasteiger partial charge < -0.3 is 19.3 Å². The lowest BCUT2D eigenvalue weighted by Gasteiger charge is -2.37. The molecule has 1 aliphatic rings. The van der Waals surface area contributed by atoms with Gasteiger partial charge in [-0.15, -0.1) is 0 Å². The van der Waals surface area contributed by atoms with Gasteiger partial charge in [0.25, 0.3) is 0 Å². The van der Waals surface area contributed by atoms with Crippen LogP contribution in [0.1, 0.15) is 18.5 Å². The normalized spacial score (nSPS) is 15.6. The van der Waals surface area contributed by atoms with Gasteiger partial charge in [0, 0.05) is 39.0 Å². The summed E-state index contributed by atoms with van der Waals surface area (Å²) in [7, 11) is 1.52. The highest BCUT2D eigenvalue weighted by Gasteiger charge is 2.32. The summed E-state index contributed by atoms with van der Waals surface area (Å²) in [5, 5.41) is 9.89. The molecule has 0 radical (unpaired) electrons. The Hall–Kier alpha value is -3.77. The van der Waals surface area contributed by atoms with Crippen molar-refractivity contribution in [2.24, 2.45) is 0 Å². The van der Waals surface area contributed by atoms with E-state index in [9.17, 15) is 14.4 Å². The van der Waals surface area contributed by atoms with E-state index < -0.39 is 18.0 Å². The second kappa shape index (κ2) is 10.4. The number of halogens is 1. The summed E-state index contributed by atoms with van der Waals surface area (Å²) in [6.07, 6.45) is -0.496. The number of benzene rings is 2. The minimum absolute atomic E-state index is 0.228. The van der Waals surface area contributed by atoms with E-state index in [-0.39, 0.29) is 18.1 Å². The fourth-order valence-electron chi connectivity index (χ4n) is 4.02. The Bertz CT molecular complexity index is 1190. The Balaban J connectivity index is 1.62. The van der Waals surface area contributed by atoms with Gasteiger partial charge in [0.2, 0.25) is 0 Å². The number of hydrogen-bond acceptors (Lipinski definition) is 8. The largest absolute Gasteiger partial charge is 0.459 e. The van der Waals surface area contributed by atoms with Gasteiger partial charge in [-0.1, -0.05) is 12.1 Å². The molecule has 34 heavy (non-hydrogen) atoms. The number of para-hydroxylation sites is 2. The number of nitrogens with zero attached hydrogens (tertiary/aromatic N) is 5. The summed E-state index contributed by atoms with van der Waals surface area (Å²) in [6, 6.07) is 15.8. The highest BCUT2D eigenvalue weighted by Crippen LogP contribution is 2.29. The standard InChI is InChI=1S/C25H26FN5O3/c1-17(16-33-2)34-25(32)20(15-27)23-24(29-22-6-4-3-5-21(22)28-23)31-13-11-30(12-14-31)19-9-7-18(26)8-10-19/h3-10,17,20H,11-14,16H2,1-2H3/t17-,20-/m1/s1. The van der Waals surface area contributed by atoms with E-state index >= 15 is 0 Å². The monoisotopic (exact) mass is 463 g/mol. The zero-order valence-electron chi connectivity index (χ0n) is 19.1. The molecule has 0 aliphatic carbocycles. The van der Waals surface area contributed by atoms with Crippen LogP contribution in [0.3, 0.4) is 0 Å². The molecule has 8 nitrogen and oxygen atoms in total. The predicted molar refractivity (Wildman–Crippen MR) is 126 cm³/mol. The van der Waals surface area contributed by atoms with Crippen LogP contribution in [0.2, 0.25) is 0 Å². The number of ether oxygens (including phenoxy) is 2. The summed E-state index contributed by atoms with van der Waals surface area (Å²) in [4.78, 5) is 26.5. The molecule has 2 aromatic carbocycles. The maximum Gasteiger partial charge on any atom is 0.330 e. The van der Waals surface area contributed by atoms with Gasteiger partial charge in [-0.05, 0) is 43.3 Å². The van der Waals surface area contributed by atoms with Crippen LogP contribution in [0.15, 0.2) is 48.5 Å². The Kier molecular flexibility index (Phi) is 7.18. The zero-order chi connectivity index (χ0) is 24.1. The van der Waals surface area contributed by atoms with E-state index in [1.54, 1.807) is 25.1 Å². The molecule has 0 N–H and O–H groups in total. The average Bonchev–Trinajstić information content (AvgIpc) is 2.85. The summed E-state index contributed by atoms with van der Waals surface area (Å²) in [5.74, 6) is -1.67. The molecule has 0 saturated carbocycles. The SMILES string of the molecule is COC[C@@H](C)OC(=O)[C@H](C#N)c1nc2ccccc2nc1N1CCN(c2ccc(F)cc2)CC1. The van der Waals surface area contributed by atoms with Crippen molar-refractivity contribution in [3.05, 3.63) is 60.0 Å².